The molecule has 0 bridgehead atoms. The van der Waals surface area contributed by atoms with E-state index in [-0.39, 0.29) is 43.1 Å². The van der Waals surface area contributed by atoms with Crippen LogP contribution in [0, 0.1) is 0 Å². The molecule has 0 saturated heterocycles. The van der Waals surface area contributed by atoms with Crippen LogP contribution in [0.15, 0.2) is 12.1 Å². The molecule has 3 rings (SSSR count). The second-order valence-corrected chi connectivity index (χ2v) is 5.63. The molecular formula is C15H15F3O4. The van der Waals surface area contributed by atoms with Crippen LogP contribution in [0.25, 0.3) is 0 Å². The number of hydrogen-bond donors (Lipinski definition) is 1. The van der Waals surface area contributed by atoms with E-state index in [1.807, 2.05) is 0 Å². The molecule has 1 aromatic rings. The van der Waals surface area contributed by atoms with Crippen LogP contribution in [0.4, 0.5) is 13.2 Å². The fourth-order valence-electron chi connectivity index (χ4n) is 3.30. The lowest BCUT2D eigenvalue weighted by Crippen LogP contribution is -2.35. The maximum atomic E-state index is 13.4. The highest BCUT2D eigenvalue weighted by atomic mass is 19.4. The van der Waals surface area contributed by atoms with Crippen molar-refractivity contribution in [2.75, 3.05) is 13.2 Å². The number of halogens is 3. The minimum atomic E-state index is -4.64. The van der Waals surface area contributed by atoms with Crippen molar-refractivity contribution in [3.8, 4) is 11.5 Å². The summed E-state index contributed by atoms with van der Waals surface area (Å²) in [5.74, 6) is -1.02. The average molecular weight is 316 g/mol. The van der Waals surface area contributed by atoms with Gasteiger partial charge in [-0.3, -0.25) is 4.79 Å². The maximum Gasteiger partial charge on any atom is 0.416 e. The van der Waals surface area contributed by atoms with E-state index in [0.29, 0.717) is 12.8 Å². The third-order valence-electron chi connectivity index (χ3n) is 4.37. The van der Waals surface area contributed by atoms with Crippen LogP contribution in [-0.2, 0) is 16.4 Å². The zero-order valence-electron chi connectivity index (χ0n) is 11.7. The predicted octanol–water partition coefficient (Wildman–Crippen LogP) is 3.37. The molecule has 0 spiro atoms. The molecule has 0 unspecified atom stereocenters. The summed E-state index contributed by atoms with van der Waals surface area (Å²) in [4.78, 5) is 11.7. The number of benzene rings is 1. The van der Waals surface area contributed by atoms with Gasteiger partial charge in [-0.05, 0) is 30.5 Å². The van der Waals surface area contributed by atoms with Gasteiger partial charge >= 0.3 is 12.1 Å². The van der Waals surface area contributed by atoms with Crippen LogP contribution < -0.4 is 9.47 Å². The first kappa shape index (κ1) is 15.0. The lowest BCUT2D eigenvalue weighted by atomic mass is 9.76. The van der Waals surface area contributed by atoms with Crippen LogP contribution in [0.3, 0.4) is 0 Å². The lowest BCUT2D eigenvalue weighted by molar-refractivity contribution is -0.146. The van der Waals surface area contributed by atoms with Gasteiger partial charge in [-0.2, -0.15) is 13.2 Å². The third kappa shape index (κ3) is 2.28. The van der Waals surface area contributed by atoms with Crippen LogP contribution >= 0.6 is 0 Å². The molecule has 1 aliphatic carbocycles. The highest BCUT2D eigenvalue weighted by molar-refractivity contribution is 5.83. The largest absolute Gasteiger partial charge is 0.486 e. The molecule has 120 valence electrons. The van der Waals surface area contributed by atoms with Crippen molar-refractivity contribution in [1.82, 2.24) is 0 Å². The number of carboxylic acid groups (broad SMARTS) is 1. The predicted molar refractivity (Wildman–Crippen MR) is 70.2 cm³/mol. The molecule has 0 radical (unpaired) electrons. The summed E-state index contributed by atoms with van der Waals surface area (Å²) < 4.78 is 50.8. The molecule has 1 aliphatic heterocycles. The molecule has 22 heavy (non-hydrogen) atoms. The Morgan fingerprint density at radius 2 is 1.64 bits per heavy atom. The highest BCUT2D eigenvalue weighted by Crippen LogP contribution is 2.49. The van der Waals surface area contributed by atoms with Gasteiger partial charge in [0.05, 0.1) is 11.0 Å². The average Bonchev–Trinajstić information content (AvgIpc) is 2.95. The zero-order valence-corrected chi connectivity index (χ0v) is 11.7. The first-order valence-electron chi connectivity index (χ1n) is 7.09. The summed E-state index contributed by atoms with van der Waals surface area (Å²) in [6, 6.07) is 2.07. The van der Waals surface area contributed by atoms with E-state index in [0.717, 1.165) is 6.07 Å². The monoisotopic (exact) mass is 316 g/mol. The molecule has 0 atom stereocenters. The van der Waals surface area contributed by atoms with Crippen molar-refractivity contribution in [2.45, 2.75) is 37.3 Å². The normalized spacial score (nSPS) is 20.0. The van der Waals surface area contributed by atoms with E-state index in [9.17, 15) is 23.1 Å². The number of carbonyl (C=O) groups is 1. The Bertz CT molecular complexity index is 604. The SMILES string of the molecule is O=C(O)C1(c2cc3c(cc2C(F)(F)F)OCCO3)CCCC1. The van der Waals surface area contributed by atoms with E-state index >= 15 is 0 Å². The van der Waals surface area contributed by atoms with Crippen LogP contribution in [0.1, 0.15) is 36.8 Å². The second-order valence-electron chi connectivity index (χ2n) is 5.63. The lowest BCUT2D eigenvalue weighted by Gasteiger charge is -2.30. The number of aliphatic carboxylic acids is 1. The summed E-state index contributed by atoms with van der Waals surface area (Å²) in [7, 11) is 0. The van der Waals surface area contributed by atoms with Crippen molar-refractivity contribution in [3.63, 3.8) is 0 Å². The van der Waals surface area contributed by atoms with Crippen molar-refractivity contribution in [1.29, 1.82) is 0 Å². The van der Waals surface area contributed by atoms with Gasteiger partial charge in [-0.15, -0.1) is 0 Å². The molecule has 1 N–H and O–H groups in total. The second kappa shape index (κ2) is 5.07. The van der Waals surface area contributed by atoms with E-state index < -0.39 is 23.1 Å². The Morgan fingerprint density at radius 1 is 1.09 bits per heavy atom. The van der Waals surface area contributed by atoms with Crippen molar-refractivity contribution >= 4 is 5.97 Å². The van der Waals surface area contributed by atoms with Gasteiger partial charge in [0.1, 0.15) is 13.2 Å². The number of fused-ring (bicyclic) bond motifs is 1. The molecule has 2 aliphatic rings. The van der Waals surface area contributed by atoms with Gasteiger partial charge in [0, 0.05) is 0 Å². The van der Waals surface area contributed by atoms with Gasteiger partial charge in [-0.25, -0.2) is 0 Å². The van der Waals surface area contributed by atoms with Gasteiger partial charge < -0.3 is 14.6 Å². The molecule has 0 amide bonds. The summed E-state index contributed by atoms with van der Waals surface area (Å²) in [5, 5.41) is 9.57. The van der Waals surface area contributed by atoms with Gasteiger partial charge in [0.2, 0.25) is 0 Å². The van der Waals surface area contributed by atoms with E-state index in [1.54, 1.807) is 0 Å². The number of ether oxygens (including phenoxy) is 2. The van der Waals surface area contributed by atoms with Gasteiger partial charge in [0.25, 0.3) is 0 Å². The Balaban J connectivity index is 2.22. The molecule has 1 aromatic carbocycles. The number of rotatable bonds is 2. The Hall–Kier alpha value is -1.92. The van der Waals surface area contributed by atoms with E-state index in [1.165, 1.54) is 6.07 Å². The van der Waals surface area contributed by atoms with Crippen molar-refractivity contribution in [2.24, 2.45) is 0 Å². The Morgan fingerprint density at radius 3 is 2.14 bits per heavy atom. The molecular weight excluding hydrogens is 301 g/mol. The van der Waals surface area contributed by atoms with Crippen LogP contribution in [-0.4, -0.2) is 24.3 Å². The minimum Gasteiger partial charge on any atom is -0.486 e. The van der Waals surface area contributed by atoms with Crippen LogP contribution in [0.5, 0.6) is 11.5 Å². The molecule has 1 heterocycles. The topological polar surface area (TPSA) is 55.8 Å². The molecule has 4 nitrogen and oxygen atoms in total. The van der Waals surface area contributed by atoms with E-state index in [4.69, 9.17) is 9.47 Å². The van der Waals surface area contributed by atoms with Crippen molar-refractivity contribution in [3.05, 3.63) is 23.3 Å². The van der Waals surface area contributed by atoms with Crippen molar-refractivity contribution < 1.29 is 32.5 Å². The van der Waals surface area contributed by atoms with Gasteiger partial charge in [-0.1, -0.05) is 12.8 Å². The highest BCUT2D eigenvalue weighted by Gasteiger charge is 2.49. The standard InChI is InChI=1S/C15H15F3O4/c16-15(17,18)10-8-12-11(21-5-6-22-12)7-9(10)14(13(19)20)3-1-2-4-14/h7-8H,1-6H2,(H,19,20). The summed E-state index contributed by atoms with van der Waals surface area (Å²) >= 11 is 0. The molecule has 1 saturated carbocycles. The molecule has 1 fully saturated rings. The minimum absolute atomic E-state index is 0.0147. The zero-order chi connectivity index (χ0) is 16.0. The van der Waals surface area contributed by atoms with E-state index in [2.05, 4.69) is 0 Å². The van der Waals surface area contributed by atoms with Crippen LogP contribution in [0.2, 0.25) is 0 Å². The first-order chi connectivity index (χ1) is 10.3. The smallest absolute Gasteiger partial charge is 0.416 e. The fourth-order valence-corrected chi connectivity index (χ4v) is 3.30. The first-order valence-corrected chi connectivity index (χ1v) is 7.09. The fraction of sp³-hybridized carbons (Fsp3) is 0.533. The number of carboxylic acids is 1. The third-order valence-corrected chi connectivity index (χ3v) is 4.37. The molecule has 7 heteroatoms. The Labute approximate surface area is 124 Å². The van der Waals surface area contributed by atoms with Gasteiger partial charge in [0.15, 0.2) is 11.5 Å². The summed E-state index contributed by atoms with van der Waals surface area (Å²) in [5.41, 5.74) is -2.66. The number of hydrogen-bond acceptors (Lipinski definition) is 3. The molecule has 0 aromatic heterocycles. The summed E-state index contributed by atoms with van der Waals surface area (Å²) in [6.45, 7) is 0.408. The Kier molecular flexibility index (Phi) is 3.45. The summed E-state index contributed by atoms with van der Waals surface area (Å²) in [6.07, 6.45) is -3.05. The quantitative estimate of drug-likeness (QED) is 0.909. The number of alkyl halides is 3. The maximum absolute atomic E-state index is 13.4.